The molecule has 0 aromatic carbocycles. The van der Waals surface area contributed by atoms with E-state index in [1.807, 2.05) is 16.9 Å². The van der Waals surface area contributed by atoms with E-state index in [1.165, 1.54) is 0 Å². The lowest BCUT2D eigenvalue weighted by Gasteiger charge is -2.35. The van der Waals surface area contributed by atoms with Gasteiger partial charge in [0.15, 0.2) is 0 Å². The van der Waals surface area contributed by atoms with Crippen molar-refractivity contribution in [2.24, 2.45) is 0 Å². The Balaban J connectivity index is 1.58. The molecule has 0 aliphatic carbocycles. The summed E-state index contributed by atoms with van der Waals surface area (Å²) in [6.07, 6.45) is 5.47. The number of piperazine rings is 1. The third-order valence-corrected chi connectivity index (χ3v) is 3.93. The summed E-state index contributed by atoms with van der Waals surface area (Å²) >= 11 is 3.41. The van der Waals surface area contributed by atoms with Crippen molar-refractivity contribution in [3.05, 3.63) is 40.8 Å². The average molecular weight is 347 g/mol. The molecule has 3 heterocycles. The summed E-state index contributed by atoms with van der Waals surface area (Å²) in [5.41, 5.74) is 0.656. The predicted octanol–water partition coefficient (Wildman–Crippen LogP) is 1.69. The average Bonchev–Trinajstić information content (AvgIpc) is 2.93. The van der Waals surface area contributed by atoms with E-state index >= 15 is 0 Å². The molecule has 0 atom stereocenters. The third-order valence-electron chi connectivity index (χ3n) is 3.52. The van der Waals surface area contributed by atoms with E-state index < -0.39 is 0 Å². The molecule has 1 saturated heterocycles. The number of hydrogen-bond donors (Lipinski definition) is 0. The topological polar surface area (TPSA) is 61.0 Å². The van der Waals surface area contributed by atoms with Gasteiger partial charge in [0.1, 0.15) is 5.82 Å². The summed E-state index contributed by atoms with van der Waals surface area (Å²) in [5.74, 6) is 0.885. The minimum Gasteiger partial charge on any atom is -0.354 e. The first-order valence-corrected chi connectivity index (χ1v) is 7.55. The van der Waals surface area contributed by atoms with Crippen LogP contribution < -0.4 is 4.90 Å². The molecule has 0 amide bonds. The molecule has 1 aliphatic heterocycles. The lowest BCUT2D eigenvalue weighted by molar-refractivity contribution is 0.195. The number of nitriles is 1. The van der Waals surface area contributed by atoms with Crippen LogP contribution in [0.3, 0.4) is 0 Å². The smallest absolute Gasteiger partial charge is 0.129 e. The fourth-order valence-corrected chi connectivity index (χ4v) is 2.73. The van der Waals surface area contributed by atoms with E-state index in [1.54, 1.807) is 18.5 Å². The molecule has 2 aromatic rings. The lowest BCUT2D eigenvalue weighted by Crippen LogP contribution is -2.47. The summed E-state index contributed by atoms with van der Waals surface area (Å²) in [6.45, 7) is 4.52. The second-order valence-corrected chi connectivity index (χ2v) is 5.87. The Morgan fingerprint density at radius 2 is 2.10 bits per heavy atom. The maximum Gasteiger partial charge on any atom is 0.129 e. The van der Waals surface area contributed by atoms with Crippen molar-refractivity contribution in [2.75, 3.05) is 31.1 Å². The van der Waals surface area contributed by atoms with Gasteiger partial charge in [0, 0.05) is 38.6 Å². The zero-order valence-corrected chi connectivity index (χ0v) is 13.1. The van der Waals surface area contributed by atoms with Crippen LogP contribution in [-0.4, -0.2) is 45.8 Å². The number of aromatic nitrogens is 3. The van der Waals surface area contributed by atoms with Crippen molar-refractivity contribution in [2.45, 2.75) is 6.67 Å². The molecular formula is C14H15BrN6. The van der Waals surface area contributed by atoms with Gasteiger partial charge in [-0.2, -0.15) is 10.4 Å². The first-order chi connectivity index (χ1) is 10.2. The lowest BCUT2D eigenvalue weighted by atomic mass is 10.2. The van der Waals surface area contributed by atoms with Gasteiger partial charge in [-0.3, -0.25) is 9.58 Å². The van der Waals surface area contributed by atoms with Gasteiger partial charge in [0.2, 0.25) is 0 Å². The van der Waals surface area contributed by atoms with Crippen molar-refractivity contribution in [1.29, 1.82) is 5.26 Å². The molecule has 1 aliphatic rings. The van der Waals surface area contributed by atoms with Crippen LogP contribution in [-0.2, 0) is 6.67 Å². The second-order valence-electron chi connectivity index (χ2n) is 4.96. The van der Waals surface area contributed by atoms with Gasteiger partial charge in [-0.15, -0.1) is 0 Å². The fourth-order valence-electron chi connectivity index (χ4n) is 2.40. The summed E-state index contributed by atoms with van der Waals surface area (Å²) in [7, 11) is 0. The summed E-state index contributed by atoms with van der Waals surface area (Å²) in [4.78, 5) is 8.93. The van der Waals surface area contributed by atoms with Gasteiger partial charge in [0.25, 0.3) is 0 Å². The molecule has 108 valence electrons. The molecule has 3 rings (SSSR count). The van der Waals surface area contributed by atoms with Crippen molar-refractivity contribution >= 4 is 21.7 Å². The molecule has 7 heteroatoms. The van der Waals surface area contributed by atoms with Crippen LogP contribution in [0.25, 0.3) is 0 Å². The van der Waals surface area contributed by atoms with Crippen LogP contribution in [0.15, 0.2) is 35.2 Å². The molecule has 0 bridgehead atoms. The first kappa shape index (κ1) is 14.0. The summed E-state index contributed by atoms with van der Waals surface area (Å²) in [5, 5.41) is 13.2. The van der Waals surface area contributed by atoms with E-state index in [-0.39, 0.29) is 0 Å². The highest BCUT2D eigenvalue weighted by Crippen LogP contribution is 2.15. The van der Waals surface area contributed by atoms with Crippen molar-refractivity contribution < 1.29 is 0 Å². The Labute approximate surface area is 131 Å². The van der Waals surface area contributed by atoms with Crippen molar-refractivity contribution in [1.82, 2.24) is 19.7 Å². The molecule has 1 fully saturated rings. The quantitative estimate of drug-likeness (QED) is 0.846. The third kappa shape index (κ3) is 3.40. The van der Waals surface area contributed by atoms with Crippen LogP contribution in [0.5, 0.6) is 0 Å². The highest BCUT2D eigenvalue weighted by atomic mass is 79.9. The number of pyridine rings is 1. The molecule has 0 radical (unpaired) electrons. The number of rotatable bonds is 3. The monoisotopic (exact) mass is 346 g/mol. The Morgan fingerprint density at radius 1 is 1.29 bits per heavy atom. The van der Waals surface area contributed by atoms with Gasteiger partial charge in [0.05, 0.1) is 29.0 Å². The summed E-state index contributed by atoms with van der Waals surface area (Å²) < 4.78 is 2.92. The van der Waals surface area contributed by atoms with Gasteiger partial charge >= 0.3 is 0 Å². The molecule has 0 N–H and O–H groups in total. The standard InChI is InChI=1S/C14H15BrN6/c15-13-9-18-21(10-13)11-19-3-5-20(6-4-19)14-7-12(8-16)1-2-17-14/h1-2,7,9-10H,3-6,11H2. The molecule has 0 spiro atoms. The maximum atomic E-state index is 8.95. The van der Waals surface area contributed by atoms with E-state index in [4.69, 9.17) is 5.26 Å². The molecule has 6 nitrogen and oxygen atoms in total. The molecule has 2 aromatic heterocycles. The Hall–Kier alpha value is -1.91. The van der Waals surface area contributed by atoms with Crippen LogP contribution in [0.4, 0.5) is 5.82 Å². The predicted molar refractivity (Wildman–Crippen MR) is 82.7 cm³/mol. The SMILES string of the molecule is N#Cc1ccnc(N2CCN(Cn3cc(Br)cn3)CC2)c1. The second kappa shape index (κ2) is 6.24. The van der Waals surface area contributed by atoms with Crippen molar-refractivity contribution in [3.8, 4) is 6.07 Å². The minimum absolute atomic E-state index is 0.656. The molecule has 21 heavy (non-hydrogen) atoms. The Morgan fingerprint density at radius 3 is 2.76 bits per heavy atom. The van der Waals surface area contributed by atoms with E-state index in [2.05, 4.69) is 41.9 Å². The van der Waals surface area contributed by atoms with Gasteiger partial charge in [-0.1, -0.05) is 0 Å². The molecule has 0 saturated carbocycles. The van der Waals surface area contributed by atoms with E-state index in [9.17, 15) is 0 Å². The van der Waals surface area contributed by atoms with E-state index in [0.717, 1.165) is 43.1 Å². The Kier molecular flexibility index (Phi) is 4.18. The van der Waals surface area contributed by atoms with Gasteiger partial charge in [-0.25, -0.2) is 4.98 Å². The number of nitrogens with zero attached hydrogens (tertiary/aromatic N) is 6. The summed E-state index contributed by atoms with van der Waals surface area (Å²) in [6, 6.07) is 5.74. The zero-order chi connectivity index (χ0) is 14.7. The van der Waals surface area contributed by atoms with Gasteiger partial charge < -0.3 is 4.90 Å². The minimum atomic E-state index is 0.656. The largest absolute Gasteiger partial charge is 0.354 e. The van der Waals surface area contributed by atoms with Crippen LogP contribution in [0.1, 0.15) is 5.56 Å². The molecule has 0 unspecified atom stereocenters. The van der Waals surface area contributed by atoms with Crippen LogP contribution >= 0.6 is 15.9 Å². The normalized spacial score (nSPS) is 15.9. The zero-order valence-electron chi connectivity index (χ0n) is 11.5. The number of anilines is 1. The van der Waals surface area contributed by atoms with E-state index in [0.29, 0.717) is 5.56 Å². The van der Waals surface area contributed by atoms with Crippen LogP contribution in [0.2, 0.25) is 0 Å². The maximum absolute atomic E-state index is 8.95. The fraction of sp³-hybridized carbons (Fsp3) is 0.357. The van der Waals surface area contributed by atoms with Crippen LogP contribution in [0, 0.1) is 11.3 Å². The number of halogens is 1. The highest BCUT2D eigenvalue weighted by Gasteiger charge is 2.18. The molecular weight excluding hydrogens is 332 g/mol. The van der Waals surface area contributed by atoms with Crippen molar-refractivity contribution in [3.63, 3.8) is 0 Å². The first-order valence-electron chi connectivity index (χ1n) is 6.76. The van der Waals surface area contributed by atoms with Gasteiger partial charge in [-0.05, 0) is 28.1 Å². The Bertz CT molecular complexity index is 653. The highest BCUT2D eigenvalue weighted by molar-refractivity contribution is 9.10. The number of hydrogen-bond acceptors (Lipinski definition) is 5.